The highest BCUT2D eigenvalue weighted by molar-refractivity contribution is 5.03. The molecule has 0 bridgehead atoms. The van der Waals surface area contributed by atoms with E-state index >= 15 is 0 Å². The van der Waals surface area contributed by atoms with Crippen molar-refractivity contribution in [3.8, 4) is 0 Å². The van der Waals surface area contributed by atoms with Gasteiger partial charge in [-0.1, -0.05) is 25.8 Å². The summed E-state index contributed by atoms with van der Waals surface area (Å²) in [5.41, 5.74) is 1.22. The van der Waals surface area contributed by atoms with Crippen molar-refractivity contribution in [2.24, 2.45) is 5.92 Å². The van der Waals surface area contributed by atoms with E-state index in [0.29, 0.717) is 6.04 Å². The molecule has 16 heavy (non-hydrogen) atoms. The second-order valence-corrected chi connectivity index (χ2v) is 4.79. The predicted octanol–water partition coefficient (Wildman–Crippen LogP) is 2.79. The van der Waals surface area contributed by atoms with Crippen molar-refractivity contribution in [1.82, 2.24) is 10.3 Å². The molecule has 0 radical (unpaired) electrons. The minimum absolute atomic E-state index is 0.694. The van der Waals surface area contributed by atoms with Crippen LogP contribution in [0.5, 0.6) is 0 Å². The van der Waals surface area contributed by atoms with Crippen LogP contribution in [0.25, 0.3) is 0 Å². The summed E-state index contributed by atoms with van der Waals surface area (Å²) < 4.78 is 0. The summed E-state index contributed by atoms with van der Waals surface area (Å²) in [5.74, 6) is 1.01. The average molecular weight is 218 g/mol. The Hall–Kier alpha value is -0.890. The molecule has 1 heterocycles. The fourth-order valence-electron chi connectivity index (χ4n) is 2.22. The monoisotopic (exact) mass is 218 g/mol. The third kappa shape index (κ3) is 3.93. The van der Waals surface area contributed by atoms with E-state index in [0.717, 1.165) is 18.9 Å². The van der Waals surface area contributed by atoms with Gasteiger partial charge in [0, 0.05) is 17.9 Å². The number of nitrogens with one attached hydrogen (secondary N) is 1. The zero-order valence-corrected chi connectivity index (χ0v) is 10.2. The maximum absolute atomic E-state index is 4.38. The SMILES string of the molecule is CCNC(CCc1ccccn1)CC1CC1. The van der Waals surface area contributed by atoms with E-state index in [-0.39, 0.29) is 0 Å². The minimum atomic E-state index is 0.694. The first-order valence-corrected chi connectivity index (χ1v) is 6.51. The van der Waals surface area contributed by atoms with E-state index in [9.17, 15) is 0 Å². The molecule has 2 rings (SSSR count). The summed E-state index contributed by atoms with van der Waals surface area (Å²) in [6.45, 7) is 3.28. The van der Waals surface area contributed by atoms with Crippen LogP contribution in [0.4, 0.5) is 0 Å². The molecule has 2 heteroatoms. The van der Waals surface area contributed by atoms with Crippen molar-refractivity contribution in [3.63, 3.8) is 0 Å². The van der Waals surface area contributed by atoms with Gasteiger partial charge in [0.15, 0.2) is 0 Å². The van der Waals surface area contributed by atoms with Gasteiger partial charge < -0.3 is 5.32 Å². The minimum Gasteiger partial charge on any atom is -0.314 e. The lowest BCUT2D eigenvalue weighted by Crippen LogP contribution is -2.29. The summed E-state index contributed by atoms with van der Waals surface area (Å²) in [6.07, 6.45) is 8.47. The Morgan fingerprint density at radius 3 is 2.94 bits per heavy atom. The molecule has 1 unspecified atom stereocenters. The maximum Gasteiger partial charge on any atom is 0.0404 e. The van der Waals surface area contributed by atoms with Crippen LogP contribution in [-0.4, -0.2) is 17.6 Å². The Labute approximate surface area is 98.5 Å². The van der Waals surface area contributed by atoms with Gasteiger partial charge in [0.2, 0.25) is 0 Å². The third-order valence-electron chi connectivity index (χ3n) is 3.28. The van der Waals surface area contributed by atoms with E-state index in [1.807, 2.05) is 12.3 Å². The molecule has 1 aliphatic carbocycles. The van der Waals surface area contributed by atoms with Gasteiger partial charge in [-0.25, -0.2) is 0 Å². The van der Waals surface area contributed by atoms with Gasteiger partial charge in [-0.2, -0.15) is 0 Å². The summed E-state index contributed by atoms with van der Waals surface area (Å²) >= 11 is 0. The molecule has 0 aromatic carbocycles. The van der Waals surface area contributed by atoms with Crippen molar-refractivity contribution in [2.45, 2.75) is 45.1 Å². The highest BCUT2D eigenvalue weighted by Gasteiger charge is 2.24. The summed E-state index contributed by atoms with van der Waals surface area (Å²) in [7, 11) is 0. The molecule has 1 saturated carbocycles. The normalized spacial score (nSPS) is 17.3. The Kier molecular flexibility index (Phi) is 4.34. The molecule has 88 valence electrons. The number of hydrogen-bond acceptors (Lipinski definition) is 2. The Balaban J connectivity index is 1.76. The van der Waals surface area contributed by atoms with Crippen LogP contribution in [0.3, 0.4) is 0 Å². The Morgan fingerprint density at radius 2 is 2.31 bits per heavy atom. The van der Waals surface area contributed by atoms with Crippen molar-refractivity contribution < 1.29 is 0 Å². The zero-order valence-electron chi connectivity index (χ0n) is 10.2. The molecule has 1 aromatic rings. The van der Waals surface area contributed by atoms with Crippen molar-refractivity contribution in [2.75, 3.05) is 6.54 Å². The first-order chi connectivity index (χ1) is 7.88. The standard InChI is InChI=1S/C14H22N2/c1-2-15-14(11-12-6-7-12)9-8-13-5-3-4-10-16-13/h3-5,10,12,14-15H,2,6-9,11H2,1H3. The van der Waals surface area contributed by atoms with Crippen LogP contribution in [0.2, 0.25) is 0 Å². The lowest BCUT2D eigenvalue weighted by molar-refractivity contribution is 0.441. The second-order valence-electron chi connectivity index (χ2n) is 4.79. The fourth-order valence-corrected chi connectivity index (χ4v) is 2.22. The molecule has 0 spiro atoms. The summed E-state index contributed by atoms with van der Waals surface area (Å²) in [4.78, 5) is 4.38. The van der Waals surface area contributed by atoms with Crippen LogP contribution in [0.1, 0.15) is 38.3 Å². The molecule has 1 aliphatic rings. The van der Waals surface area contributed by atoms with E-state index < -0.39 is 0 Å². The molecule has 0 saturated heterocycles. The smallest absolute Gasteiger partial charge is 0.0404 e. The van der Waals surface area contributed by atoms with Gasteiger partial charge in [-0.05, 0) is 43.9 Å². The number of nitrogens with zero attached hydrogens (tertiary/aromatic N) is 1. The average Bonchev–Trinajstić information content (AvgIpc) is 3.12. The maximum atomic E-state index is 4.38. The first-order valence-electron chi connectivity index (χ1n) is 6.51. The number of pyridine rings is 1. The fraction of sp³-hybridized carbons (Fsp3) is 0.643. The largest absolute Gasteiger partial charge is 0.314 e. The molecule has 1 N–H and O–H groups in total. The van der Waals surface area contributed by atoms with Crippen LogP contribution < -0.4 is 5.32 Å². The Morgan fingerprint density at radius 1 is 1.44 bits per heavy atom. The number of hydrogen-bond donors (Lipinski definition) is 1. The van der Waals surface area contributed by atoms with Gasteiger partial charge >= 0.3 is 0 Å². The quantitative estimate of drug-likeness (QED) is 0.761. The van der Waals surface area contributed by atoms with Crippen LogP contribution >= 0.6 is 0 Å². The van der Waals surface area contributed by atoms with E-state index in [2.05, 4.69) is 29.4 Å². The summed E-state index contributed by atoms with van der Waals surface area (Å²) in [6, 6.07) is 6.88. The molecular weight excluding hydrogens is 196 g/mol. The van der Waals surface area contributed by atoms with Crippen molar-refractivity contribution in [3.05, 3.63) is 30.1 Å². The van der Waals surface area contributed by atoms with Crippen LogP contribution in [0.15, 0.2) is 24.4 Å². The van der Waals surface area contributed by atoms with Gasteiger partial charge in [0.05, 0.1) is 0 Å². The molecule has 2 nitrogen and oxygen atoms in total. The number of aromatic nitrogens is 1. The molecule has 1 atom stereocenters. The van der Waals surface area contributed by atoms with E-state index in [1.165, 1.54) is 31.4 Å². The molecule has 1 fully saturated rings. The predicted molar refractivity (Wildman–Crippen MR) is 67.4 cm³/mol. The molecular formula is C14H22N2. The zero-order chi connectivity index (χ0) is 11.2. The van der Waals surface area contributed by atoms with Gasteiger partial charge in [-0.15, -0.1) is 0 Å². The van der Waals surface area contributed by atoms with Crippen molar-refractivity contribution >= 4 is 0 Å². The second kappa shape index (κ2) is 6.00. The topological polar surface area (TPSA) is 24.9 Å². The van der Waals surface area contributed by atoms with Gasteiger partial charge in [0.1, 0.15) is 0 Å². The Bertz CT molecular complexity index is 293. The molecule has 0 amide bonds. The lowest BCUT2D eigenvalue weighted by atomic mass is 10.0. The molecule has 0 aliphatic heterocycles. The number of rotatable bonds is 7. The number of aryl methyl sites for hydroxylation is 1. The highest BCUT2D eigenvalue weighted by Crippen LogP contribution is 2.34. The lowest BCUT2D eigenvalue weighted by Gasteiger charge is -2.17. The first kappa shape index (κ1) is 11.6. The van der Waals surface area contributed by atoms with Gasteiger partial charge in [0.25, 0.3) is 0 Å². The van der Waals surface area contributed by atoms with Crippen molar-refractivity contribution in [1.29, 1.82) is 0 Å². The molecule has 1 aromatic heterocycles. The highest BCUT2D eigenvalue weighted by atomic mass is 14.9. The third-order valence-corrected chi connectivity index (χ3v) is 3.28. The summed E-state index contributed by atoms with van der Waals surface area (Å²) in [5, 5.41) is 3.60. The van der Waals surface area contributed by atoms with E-state index in [1.54, 1.807) is 0 Å². The van der Waals surface area contributed by atoms with E-state index in [4.69, 9.17) is 0 Å². The van der Waals surface area contributed by atoms with Crippen LogP contribution in [0, 0.1) is 5.92 Å². The van der Waals surface area contributed by atoms with Gasteiger partial charge in [-0.3, -0.25) is 4.98 Å². The van der Waals surface area contributed by atoms with Crippen LogP contribution in [-0.2, 0) is 6.42 Å².